The fraction of sp³-hybridized carbons (Fsp3) is 0.250. The number of nitrogens with one attached hydrogen (secondary N) is 3. The summed E-state index contributed by atoms with van der Waals surface area (Å²) >= 11 is 0. The van der Waals surface area contributed by atoms with E-state index in [1.807, 2.05) is 0 Å². The maximum atomic E-state index is 10.9. The van der Waals surface area contributed by atoms with Crippen molar-refractivity contribution < 1.29 is 24.2 Å². The molecule has 0 saturated heterocycles. The first-order valence-electron chi connectivity index (χ1n) is 6.26. The van der Waals surface area contributed by atoms with Crippen LogP contribution in [0.4, 0.5) is 17.8 Å². The quantitative estimate of drug-likeness (QED) is 0.249. The Labute approximate surface area is 131 Å². The molecule has 1 aromatic heterocycles. The van der Waals surface area contributed by atoms with Gasteiger partial charge in [-0.15, -0.1) is 0 Å². The SMILES string of the molecule is C=CC(=O)OCNc1nc(NCO)nc(NCOC(=O)C=C)n1. The number of aliphatic hydroxyl groups excluding tert-OH is 1. The van der Waals surface area contributed by atoms with E-state index in [-0.39, 0.29) is 31.3 Å². The molecule has 0 atom stereocenters. The van der Waals surface area contributed by atoms with E-state index in [2.05, 4.69) is 44.1 Å². The molecule has 0 aromatic carbocycles. The summed E-state index contributed by atoms with van der Waals surface area (Å²) in [5.74, 6) is -1.06. The second-order valence-corrected chi connectivity index (χ2v) is 3.62. The molecule has 0 fully saturated rings. The third-order valence-electron chi connectivity index (χ3n) is 2.10. The van der Waals surface area contributed by atoms with E-state index < -0.39 is 18.7 Å². The van der Waals surface area contributed by atoms with Gasteiger partial charge in [0.1, 0.15) is 6.73 Å². The van der Waals surface area contributed by atoms with Crippen LogP contribution >= 0.6 is 0 Å². The lowest BCUT2D eigenvalue weighted by Crippen LogP contribution is -2.17. The average Bonchev–Trinajstić information content (AvgIpc) is 2.54. The summed E-state index contributed by atoms with van der Waals surface area (Å²) < 4.78 is 9.45. The van der Waals surface area contributed by atoms with Crippen molar-refractivity contribution in [3.05, 3.63) is 25.3 Å². The highest BCUT2D eigenvalue weighted by Crippen LogP contribution is 2.08. The van der Waals surface area contributed by atoms with Crippen molar-refractivity contribution in [1.29, 1.82) is 0 Å². The number of esters is 2. The molecule has 1 aromatic rings. The van der Waals surface area contributed by atoms with Gasteiger partial charge in [-0.05, 0) is 0 Å². The number of nitrogens with zero attached hydrogens (tertiary/aromatic N) is 3. The zero-order valence-electron chi connectivity index (χ0n) is 12.1. The van der Waals surface area contributed by atoms with E-state index in [9.17, 15) is 9.59 Å². The molecule has 124 valence electrons. The lowest BCUT2D eigenvalue weighted by molar-refractivity contribution is -0.137. The molecule has 1 heterocycles. The topological polar surface area (TPSA) is 148 Å². The van der Waals surface area contributed by atoms with E-state index in [0.29, 0.717) is 0 Å². The highest BCUT2D eigenvalue weighted by Gasteiger charge is 2.07. The van der Waals surface area contributed by atoms with Crippen molar-refractivity contribution in [3.63, 3.8) is 0 Å². The summed E-state index contributed by atoms with van der Waals surface area (Å²) in [5.41, 5.74) is 0. The number of carbonyl (C=O) groups is 2. The molecule has 0 saturated carbocycles. The maximum Gasteiger partial charge on any atom is 0.331 e. The Bertz CT molecular complexity index is 535. The first-order chi connectivity index (χ1) is 11.1. The summed E-state index contributed by atoms with van der Waals surface area (Å²) in [6.07, 6.45) is 2.02. The van der Waals surface area contributed by atoms with Crippen molar-refractivity contribution >= 4 is 29.8 Å². The van der Waals surface area contributed by atoms with Crippen LogP contribution in [0.2, 0.25) is 0 Å². The van der Waals surface area contributed by atoms with E-state index in [1.165, 1.54) is 0 Å². The molecule has 11 nitrogen and oxygen atoms in total. The van der Waals surface area contributed by atoms with Gasteiger partial charge >= 0.3 is 11.9 Å². The lowest BCUT2D eigenvalue weighted by atomic mass is 10.7. The highest BCUT2D eigenvalue weighted by molar-refractivity contribution is 5.81. The van der Waals surface area contributed by atoms with E-state index in [0.717, 1.165) is 12.2 Å². The Morgan fingerprint density at radius 3 is 1.65 bits per heavy atom. The molecule has 0 radical (unpaired) electrons. The van der Waals surface area contributed by atoms with Crippen molar-refractivity contribution in [2.45, 2.75) is 0 Å². The summed E-state index contributed by atoms with van der Waals surface area (Å²) in [7, 11) is 0. The standard InChI is InChI=1S/C12H16N6O5/c1-3-8(20)22-6-14-11-16-10(13-5-19)17-12(18-11)15-7-23-9(21)4-2/h3-4,19H,1-2,5-7H2,(H3,13,14,15,16,17,18). The van der Waals surface area contributed by atoms with Crippen LogP contribution in [0.5, 0.6) is 0 Å². The number of hydrogen-bond acceptors (Lipinski definition) is 11. The fourth-order valence-electron chi connectivity index (χ4n) is 1.15. The maximum absolute atomic E-state index is 10.9. The Hall–Kier alpha value is -3.21. The molecule has 11 heteroatoms. The van der Waals surface area contributed by atoms with Gasteiger partial charge in [-0.3, -0.25) is 0 Å². The molecule has 23 heavy (non-hydrogen) atoms. The van der Waals surface area contributed by atoms with Crippen molar-refractivity contribution in [2.75, 3.05) is 36.1 Å². The number of hydrogen-bond donors (Lipinski definition) is 4. The van der Waals surface area contributed by atoms with E-state index >= 15 is 0 Å². The van der Waals surface area contributed by atoms with Gasteiger partial charge in [0, 0.05) is 12.2 Å². The fourth-order valence-corrected chi connectivity index (χ4v) is 1.15. The van der Waals surface area contributed by atoms with Gasteiger partial charge in [0.2, 0.25) is 17.8 Å². The molecular weight excluding hydrogens is 308 g/mol. The van der Waals surface area contributed by atoms with Gasteiger partial charge in [-0.1, -0.05) is 13.2 Å². The van der Waals surface area contributed by atoms with Crippen molar-refractivity contribution in [3.8, 4) is 0 Å². The van der Waals surface area contributed by atoms with Crippen LogP contribution < -0.4 is 16.0 Å². The van der Waals surface area contributed by atoms with Gasteiger partial charge in [-0.2, -0.15) is 15.0 Å². The molecule has 0 unspecified atom stereocenters. The summed E-state index contributed by atoms with van der Waals surface area (Å²) in [4.78, 5) is 33.6. The zero-order valence-corrected chi connectivity index (χ0v) is 12.1. The predicted octanol–water partition coefficient (Wildman–Crippen LogP) is -0.570. The number of anilines is 3. The Balaban J connectivity index is 2.68. The number of rotatable bonds is 10. The van der Waals surface area contributed by atoms with Crippen molar-refractivity contribution in [2.24, 2.45) is 0 Å². The lowest BCUT2D eigenvalue weighted by Gasteiger charge is -2.10. The number of aliphatic hydroxyl groups is 1. The van der Waals surface area contributed by atoms with Crippen LogP contribution in [0, 0.1) is 0 Å². The molecule has 1 rings (SSSR count). The zero-order chi connectivity index (χ0) is 17.1. The molecule has 0 aliphatic rings. The average molecular weight is 324 g/mol. The molecule has 0 bridgehead atoms. The van der Waals surface area contributed by atoms with Gasteiger partial charge in [0.25, 0.3) is 0 Å². The van der Waals surface area contributed by atoms with Crippen LogP contribution in [-0.2, 0) is 19.1 Å². The van der Waals surface area contributed by atoms with Crippen LogP contribution in [0.25, 0.3) is 0 Å². The van der Waals surface area contributed by atoms with E-state index in [4.69, 9.17) is 14.6 Å². The normalized spacial score (nSPS) is 9.43. The minimum atomic E-state index is -0.616. The second-order valence-electron chi connectivity index (χ2n) is 3.62. The molecular formula is C12H16N6O5. The minimum Gasteiger partial charge on any atom is -0.441 e. The van der Waals surface area contributed by atoms with Gasteiger partial charge in [0.15, 0.2) is 13.5 Å². The number of aromatic nitrogens is 3. The molecule has 0 aliphatic heterocycles. The molecule has 0 amide bonds. The summed E-state index contributed by atoms with van der Waals surface area (Å²) in [5, 5.41) is 16.6. The van der Waals surface area contributed by atoms with Crippen LogP contribution in [0.3, 0.4) is 0 Å². The van der Waals surface area contributed by atoms with Gasteiger partial charge in [-0.25, -0.2) is 9.59 Å². The summed E-state index contributed by atoms with van der Waals surface area (Å²) in [6, 6.07) is 0. The van der Waals surface area contributed by atoms with Crippen molar-refractivity contribution in [1.82, 2.24) is 15.0 Å². The highest BCUT2D eigenvalue weighted by atomic mass is 16.5. The summed E-state index contributed by atoms with van der Waals surface area (Å²) in [6.45, 7) is 5.71. The Kier molecular flexibility index (Phi) is 7.51. The predicted molar refractivity (Wildman–Crippen MR) is 80.1 cm³/mol. The largest absolute Gasteiger partial charge is 0.441 e. The Morgan fingerprint density at radius 2 is 1.30 bits per heavy atom. The van der Waals surface area contributed by atoms with Gasteiger partial charge in [0.05, 0.1) is 0 Å². The molecule has 4 N–H and O–H groups in total. The van der Waals surface area contributed by atoms with Crippen LogP contribution in [0.15, 0.2) is 25.3 Å². The third kappa shape index (κ3) is 6.86. The first-order valence-corrected chi connectivity index (χ1v) is 6.26. The number of carbonyl (C=O) groups excluding carboxylic acids is 2. The molecule has 0 spiro atoms. The number of ether oxygens (including phenoxy) is 2. The molecule has 0 aliphatic carbocycles. The van der Waals surface area contributed by atoms with Crippen LogP contribution in [-0.4, -0.2) is 52.2 Å². The smallest absolute Gasteiger partial charge is 0.331 e. The van der Waals surface area contributed by atoms with Gasteiger partial charge < -0.3 is 30.5 Å². The van der Waals surface area contributed by atoms with E-state index in [1.54, 1.807) is 0 Å². The third-order valence-corrected chi connectivity index (χ3v) is 2.10. The first kappa shape index (κ1) is 17.8. The van der Waals surface area contributed by atoms with Crippen LogP contribution in [0.1, 0.15) is 0 Å². The minimum absolute atomic E-state index is 0.0533. The Morgan fingerprint density at radius 1 is 0.913 bits per heavy atom. The monoisotopic (exact) mass is 324 g/mol. The second kappa shape index (κ2) is 9.68.